The van der Waals surface area contributed by atoms with Crippen LogP contribution in [0.1, 0.15) is 46.8 Å². The van der Waals surface area contributed by atoms with Gasteiger partial charge in [0.05, 0.1) is 28.2 Å². The van der Waals surface area contributed by atoms with Gasteiger partial charge in [0.15, 0.2) is 5.82 Å². The fourth-order valence-corrected chi connectivity index (χ4v) is 3.75. The van der Waals surface area contributed by atoms with Crippen molar-refractivity contribution in [2.45, 2.75) is 26.3 Å². The van der Waals surface area contributed by atoms with Gasteiger partial charge in [-0.25, -0.2) is 4.98 Å². The van der Waals surface area contributed by atoms with E-state index < -0.39 is 17.9 Å². The van der Waals surface area contributed by atoms with E-state index in [1.807, 2.05) is 38.1 Å². The van der Waals surface area contributed by atoms with E-state index in [9.17, 15) is 20.0 Å². The molecule has 2 aromatic carbocycles. The monoisotopic (exact) mass is 400 g/mol. The number of para-hydroxylation sites is 2. The fourth-order valence-electron chi connectivity index (χ4n) is 3.75. The number of aromatic amines is 1. The first-order valence-electron chi connectivity index (χ1n) is 9.67. The number of nitrogens with one attached hydrogen (secondary N) is 1. The summed E-state index contributed by atoms with van der Waals surface area (Å²) < 4.78 is 0. The standard InChI is InChI=1S/C23H20N4O3/c1-13(2)11-19(27-22(29)14-7-3-4-8-15(14)23(27)30)20(28)16(12-24)21-25-17-9-5-6-10-18(17)26-21/h3-10,13,19,28H,11H2,1-2H3,(H,25,26)/t19-/m1/s1. The second-order valence-corrected chi connectivity index (χ2v) is 7.65. The number of fused-ring (bicyclic) bond motifs is 2. The molecule has 1 aliphatic heterocycles. The molecule has 0 saturated carbocycles. The third-order valence-electron chi connectivity index (χ3n) is 5.14. The van der Waals surface area contributed by atoms with Crippen molar-refractivity contribution in [1.82, 2.24) is 14.9 Å². The van der Waals surface area contributed by atoms with Crippen molar-refractivity contribution in [1.29, 1.82) is 5.26 Å². The first kappa shape index (κ1) is 19.4. The van der Waals surface area contributed by atoms with E-state index in [0.29, 0.717) is 28.6 Å². The number of aromatic nitrogens is 2. The molecule has 2 amide bonds. The summed E-state index contributed by atoms with van der Waals surface area (Å²) in [4.78, 5) is 34.4. The third kappa shape index (κ3) is 3.12. The minimum Gasteiger partial charge on any atom is -0.509 e. The molecule has 0 unspecified atom stereocenters. The Balaban J connectivity index is 1.83. The van der Waals surface area contributed by atoms with Crippen LogP contribution in [0.15, 0.2) is 54.3 Å². The van der Waals surface area contributed by atoms with Gasteiger partial charge in [0.2, 0.25) is 0 Å². The molecular weight excluding hydrogens is 380 g/mol. The summed E-state index contributed by atoms with van der Waals surface area (Å²) in [7, 11) is 0. The molecule has 0 fully saturated rings. The van der Waals surface area contributed by atoms with E-state index in [0.717, 1.165) is 4.90 Å². The Kier molecular flexibility index (Phi) is 4.84. The average Bonchev–Trinajstić information content (AvgIpc) is 3.26. The maximum absolute atomic E-state index is 13.0. The minimum atomic E-state index is -0.972. The van der Waals surface area contributed by atoms with Crippen molar-refractivity contribution >= 4 is 28.4 Å². The Morgan fingerprint density at radius 1 is 1.10 bits per heavy atom. The van der Waals surface area contributed by atoms with Crippen LogP contribution in [0.3, 0.4) is 0 Å². The number of allylic oxidation sites excluding steroid dienone is 1. The molecule has 1 aromatic heterocycles. The molecule has 1 aliphatic rings. The normalized spacial score (nSPS) is 15.3. The number of rotatable bonds is 5. The second-order valence-electron chi connectivity index (χ2n) is 7.65. The van der Waals surface area contributed by atoms with Gasteiger partial charge < -0.3 is 10.1 Å². The zero-order valence-corrected chi connectivity index (χ0v) is 16.6. The highest BCUT2D eigenvalue weighted by molar-refractivity contribution is 6.21. The summed E-state index contributed by atoms with van der Waals surface area (Å²) in [5.41, 5.74) is 1.87. The summed E-state index contributed by atoms with van der Waals surface area (Å²) in [6.45, 7) is 3.84. The maximum atomic E-state index is 13.0. The van der Waals surface area contributed by atoms with E-state index in [2.05, 4.69) is 9.97 Å². The Bertz CT molecular complexity index is 1160. The largest absolute Gasteiger partial charge is 0.509 e. The zero-order valence-electron chi connectivity index (χ0n) is 16.6. The molecule has 0 saturated heterocycles. The van der Waals surface area contributed by atoms with E-state index in [4.69, 9.17) is 0 Å². The molecule has 3 aromatic rings. The fraction of sp³-hybridized carbons (Fsp3) is 0.217. The number of nitriles is 1. The lowest BCUT2D eigenvalue weighted by molar-refractivity contribution is 0.0558. The van der Waals surface area contributed by atoms with E-state index >= 15 is 0 Å². The van der Waals surface area contributed by atoms with Gasteiger partial charge in [0.1, 0.15) is 17.4 Å². The molecule has 0 aliphatic carbocycles. The van der Waals surface area contributed by atoms with Gasteiger partial charge in [-0.15, -0.1) is 0 Å². The van der Waals surface area contributed by atoms with Gasteiger partial charge in [-0.05, 0) is 36.6 Å². The predicted octanol–water partition coefficient (Wildman–Crippen LogP) is 4.07. The average molecular weight is 400 g/mol. The van der Waals surface area contributed by atoms with Gasteiger partial charge in [-0.3, -0.25) is 14.5 Å². The van der Waals surface area contributed by atoms with Crippen molar-refractivity contribution in [3.63, 3.8) is 0 Å². The first-order chi connectivity index (χ1) is 14.4. The molecule has 4 rings (SSSR count). The van der Waals surface area contributed by atoms with Gasteiger partial charge in [-0.1, -0.05) is 38.1 Å². The number of carbonyl (C=O) groups is 2. The molecule has 1 atom stereocenters. The topological polar surface area (TPSA) is 110 Å². The molecular formula is C23H20N4O3. The van der Waals surface area contributed by atoms with Crippen LogP contribution in [-0.4, -0.2) is 37.8 Å². The summed E-state index contributed by atoms with van der Waals surface area (Å²) in [5, 5.41) is 20.9. The third-order valence-corrected chi connectivity index (χ3v) is 5.14. The molecule has 0 radical (unpaired) electrons. The summed E-state index contributed by atoms with van der Waals surface area (Å²) in [6.07, 6.45) is 0.308. The predicted molar refractivity (Wildman–Crippen MR) is 111 cm³/mol. The van der Waals surface area contributed by atoms with E-state index in [-0.39, 0.29) is 23.1 Å². The first-order valence-corrected chi connectivity index (χ1v) is 9.67. The highest BCUT2D eigenvalue weighted by Gasteiger charge is 2.42. The van der Waals surface area contributed by atoms with Crippen molar-refractivity contribution in [3.8, 4) is 6.07 Å². The number of carbonyl (C=O) groups excluding carboxylic acids is 2. The van der Waals surface area contributed by atoms with Crippen LogP contribution < -0.4 is 0 Å². The molecule has 150 valence electrons. The number of hydrogen-bond acceptors (Lipinski definition) is 5. The van der Waals surface area contributed by atoms with Crippen molar-refractivity contribution in [2.75, 3.05) is 0 Å². The van der Waals surface area contributed by atoms with Crippen LogP contribution >= 0.6 is 0 Å². The number of amides is 2. The number of imidazole rings is 1. The number of benzene rings is 2. The van der Waals surface area contributed by atoms with E-state index in [1.54, 1.807) is 30.3 Å². The lowest BCUT2D eigenvalue weighted by Crippen LogP contribution is -2.42. The summed E-state index contributed by atoms with van der Waals surface area (Å²) in [6, 6.07) is 14.8. The highest BCUT2D eigenvalue weighted by Crippen LogP contribution is 2.32. The second kappa shape index (κ2) is 7.48. The van der Waals surface area contributed by atoms with Crippen LogP contribution in [0, 0.1) is 17.2 Å². The van der Waals surface area contributed by atoms with Crippen molar-refractivity contribution in [3.05, 3.63) is 71.2 Å². The smallest absolute Gasteiger partial charge is 0.262 e. The maximum Gasteiger partial charge on any atom is 0.262 e. The van der Waals surface area contributed by atoms with Crippen molar-refractivity contribution in [2.24, 2.45) is 5.92 Å². The van der Waals surface area contributed by atoms with Crippen LogP contribution in [0.4, 0.5) is 0 Å². The molecule has 2 heterocycles. The summed E-state index contributed by atoms with van der Waals surface area (Å²) >= 11 is 0. The van der Waals surface area contributed by atoms with Gasteiger partial charge >= 0.3 is 0 Å². The molecule has 30 heavy (non-hydrogen) atoms. The Labute approximate surface area is 173 Å². The SMILES string of the molecule is CC(C)C[C@H](C(O)=C(C#N)c1nc2ccccc2[nH]1)N1C(=O)c2ccccc2C1=O. The minimum absolute atomic E-state index is 0.0529. The lowest BCUT2D eigenvalue weighted by Gasteiger charge is -2.27. The number of imide groups is 1. The number of aliphatic hydroxyl groups is 1. The van der Waals surface area contributed by atoms with Crippen LogP contribution in [-0.2, 0) is 0 Å². The molecule has 0 spiro atoms. The van der Waals surface area contributed by atoms with Crippen LogP contribution in [0.25, 0.3) is 16.6 Å². The molecule has 2 N–H and O–H groups in total. The Morgan fingerprint density at radius 3 is 2.27 bits per heavy atom. The quantitative estimate of drug-likeness (QED) is 0.381. The Hall–Kier alpha value is -3.92. The number of H-pyrrole nitrogens is 1. The van der Waals surface area contributed by atoms with Crippen LogP contribution in [0.2, 0.25) is 0 Å². The number of nitrogens with zero attached hydrogens (tertiary/aromatic N) is 3. The highest BCUT2D eigenvalue weighted by atomic mass is 16.3. The van der Waals surface area contributed by atoms with Gasteiger partial charge in [-0.2, -0.15) is 5.26 Å². The molecule has 0 bridgehead atoms. The summed E-state index contributed by atoms with van der Waals surface area (Å²) in [5.74, 6) is -1.05. The number of hydrogen-bond donors (Lipinski definition) is 2. The Morgan fingerprint density at radius 2 is 1.70 bits per heavy atom. The van der Waals surface area contributed by atoms with Gasteiger partial charge in [0.25, 0.3) is 11.8 Å². The number of aliphatic hydroxyl groups excluding tert-OH is 1. The van der Waals surface area contributed by atoms with Crippen LogP contribution in [0.5, 0.6) is 0 Å². The van der Waals surface area contributed by atoms with Gasteiger partial charge in [0, 0.05) is 0 Å². The molecule has 7 nitrogen and oxygen atoms in total. The zero-order chi connectivity index (χ0) is 21.4. The molecule has 7 heteroatoms. The lowest BCUT2D eigenvalue weighted by atomic mass is 9.98. The van der Waals surface area contributed by atoms with E-state index in [1.165, 1.54) is 0 Å². The van der Waals surface area contributed by atoms with Crippen molar-refractivity contribution < 1.29 is 14.7 Å².